The van der Waals surface area contributed by atoms with Gasteiger partial charge in [-0.1, -0.05) is 28.4 Å². The number of halogens is 1. The zero-order valence-corrected chi connectivity index (χ0v) is 13.9. The molecule has 0 spiro atoms. The van der Waals surface area contributed by atoms with Crippen LogP contribution in [0.5, 0.6) is 0 Å². The predicted molar refractivity (Wildman–Crippen MR) is 86.1 cm³/mol. The lowest BCUT2D eigenvalue weighted by Crippen LogP contribution is -2.45. The molecule has 0 aliphatic carbocycles. The third-order valence-corrected chi connectivity index (χ3v) is 4.45. The average molecular weight is 339 g/mol. The summed E-state index contributed by atoms with van der Waals surface area (Å²) < 4.78 is 0.957. The van der Waals surface area contributed by atoms with Gasteiger partial charge in [0.05, 0.1) is 0 Å². The fourth-order valence-corrected chi connectivity index (χ4v) is 3.06. The molecule has 1 heterocycles. The highest BCUT2D eigenvalue weighted by atomic mass is 79.9. The van der Waals surface area contributed by atoms with Crippen molar-refractivity contribution in [3.63, 3.8) is 0 Å². The minimum atomic E-state index is 0.138. The molecule has 1 aromatic rings. The minimum Gasteiger partial charge on any atom is -0.337 e. The first-order valence-electron chi connectivity index (χ1n) is 7.40. The van der Waals surface area contributed by atoms with Crippen molar-refractivity contribution in [3.05, 3.63) is 33.8 Å². The van der Waals surface area contributed by atoms with Gasteiger partial charge in [-0.25, -0.2) is 0 Å². The second-order valence-corrected chi connectivity index (χ2v) is 6.37. The van der Waals surface area contributed by atoms with Gasteiger partial charge in [0.25, 0.3) is 5.91 Å². The average Bonchev–Trinajstić information content (AvgIpc) is 2.47. The molecule has 1 N–H and O–H groups in total. The van der Waals surface area contributed by atoms with Crippen LogP contribution >= 0.6 is 15.9 Å². The highest BCUT2D eigenvalue weighted by Gasteiger charge is 2.21. The van der Waals surface area contributed by atoms with E-state index in [0.29, 0.717) is 6.04 Å². The van der Waals surface area contributed by atoms with Gasteiger partial charge in [0.1, 0.15) is 0 Å². The second kappa shape index (κ2) is 7.23. The van der Waals surface area contributed by atoms with E-state index in [9.17, 15) is 4.79 Å². The molecule has 2 rings (SSSR count). The van der Waals surface area contributed by atoms with Gasteiger partial charge in [0.2, 0.25) is 0 Å². The van der Waals surface area contributed by atoms with Crippen LogP contribution in [0.3, 0.4) is 0 Å². The number of carbonyl (C=O) groups is 1. The number of nitrogens with zero attached hydrogens (tertiary/aromatic N) is 1. The summed E-state index contributed by atoms with van der Waals surface area (Å²) in [5, 5.41) is 3.51. The number of rotatable bonds is 4. The Bertz CT molecular complexity index is 470. The van der Waals surface area contributed by atoms with Gasteiger partial charge in [-0.05, 0) is 50.9 Å². The summed E-state index contributed by atoms with van der Waals surface area (Å²) in [5.74, 6) is 0.138. The molecular formula is C16H23BrN2O. The summed E-state index contributed by atoms with van der Waals surface area (Å²) >= 11 is 3.45. The number of hydrogen-bond acceptors (Lipinski definition) is 2. The molecule has 1 amide bonds. The summed E-state index contributed by atoms with van der Waals surface area (Å²) in [5.41, 5.74) is 1.84. The number of carbonyl (C=O) groups excluding carboxylic acids is 1. The van der Waals surface area contributed by atoms with E-state index in [0.717, 1.165) is 35.2 Å². The van der Waals surface area contributed by atoms with Crippen LogP contribution in [0, 0.1) is 6.92 Å². The van der Waals surface area contributed by atoms with Gasteiger partial charge >= 0.3 is 0 Å². The van der Waals surface area contributed by atoms with E-state index in [4.69, 9.17) is 0 Å². The molecule has 3 nitrogen and oxygen atoms in total. The summed E-state index contributed by atoms with van der Waals surface area (Å²) in [4.78, 5) is 14.7. The SMILES string of the molecule is CCN(CC1CCCCN1)C(=O)c1cc(Br)ccc1C. The van der Waals surface area contributed by atoms with Crippen molar-refractivity contribution in [3.8, 4) is 0 Å². The fourth-order valence-electron chi connectivity index (χ4n) is 2.70. The first-order chi connectivity index (χ1) is 9.61. The van der Waals surface area contributed by atoms with Crippen LogP contribution in [-0.4, -0.2) is 36.5 Å². The van der Waals surface area contributed by atoms with Crippen molar-refractivity contribution in [2.75, 3.05) is 19.6 Å². The molecule has 1 unspecified atom stereocenters. The molecule has 1 atom stereocenters. The van der Waals surface area contributed by atoms with E-state index in [1.165, 1.54) is 19.3 Å². The molecule has 0 bridgehead atoms. The lowest BCUT2D eigenvalue weighted by Gasteiger charge is -2.30. The molecule has 110 valence electrons. The van der Waals surface area contributed by atoms with Gasteiger partial charge in [0, 0.05) is 29.2 Å². The van der Waals surface area contributed by atoms with Crippen molar-refractivity contribution in [1.29, 1.82) is 0 Å². The number of aryl methyl sites for hydroxylation is 1. The molecule has 0 saturated carbocycles. The molecule has 20 heavy (non-hydrogen) atoms. The number of amides is 1. The fraction of sp³-hybridized carbons (Fsp3) is 0.562. The number of benzene rings is 1. The highest BCUT2D eigenvalue weighted by Crippen LogP contribution is 2.18. The molecule has 4 heteroatoms. The Balaban J connectivity index is 2.09. The monoisotopic (exact) mass is 338 g/mol. The largest absolute Gasteiger partial charge is 0.337 e. The van der Waals surface area contributed by atoms with E-state index >= 15 is 0 Å². The third kappa shape index (κ3) is 3.83. The number of nitrogens with one attached hydrogen (secondary N) is 1. The quantitative estimate of drug-likeness (QED) is 0.912. The van der Waals surface area contributed by atoms with Crippen LogP contribution < -0.4 is 5.32 Å². The highest BCUT2D eigenvalue weighted by molar-refractivity contribution is 9.10. The molecule has 0 radical (unpaired) electrons. The third-order valence-electron chi connectivity index (χ3n) is 3.95. The number of likely N-dealkylation sites (N-methyl/N-ethyl adjacent to an activating group) is 1. The lowest BCUT2D eigenvalue weighted by molar-refractivity contribution is 0.0740. The van der Waals surface area contributed by atoms with E-state index in [1.807, 2.05) is 36.9 Å². The van der Waals surface area contributed by atoms with Crippen molar-refractivity contribution in [2.45, 2.75) is 39.2 Å². The van der Waals surface area contributed by atoms with Crippen molar-refractivity contribution in [1.82, 2.24) is 10.2 Å². The minimum absolute atomic E-state index is 0.138. The molecule has 1 aliphatic rings. The van der Waals surface area contributed by atoms with Crippen LogP contribution in [0.2, 0.25) is 0 Å². The summed E-state index contributed by atoms with van der Waals surface area (Å²) in [6, 6.07) is 6.34. The van der Waals surface area contributed by atoms with Crippen LogP contribution in [0.15, 0.2) is 22.7 Å². The Morgan fingerprint density at radius 3 is 2.90 bits per heavy atom. The Morgan fingerprint density at radius 2 is 2.25 bits per heavy atom. The number of hydrogen-bond donors (Lipinski definition) is 1. The Labute approximate surface area is 129 Å². The summed E-state index contributed by atoms with van der Waals surface area (Å²) in [7, 11) is 0. The van der Waals surface area contributed by atoms with Crippen molar-refractivity contribution < 1.29 is 4.79 Å². The maximum absolute atomic E-state index is 12.7. The maximum Gasteiger partial charge on any atom is 0.254 e. The van der Waals surface area contributed by atoms with Crippen LogP contribution in [0.25, 0.3) is 0 Å². The van der Waals surface area contributed by atoms with Crippen LogP contribution in [0.4, 0.5) is 0 Å². The topological polar surface area (TPSA) is 32.3 Å². The van der Waals surface area contributed by atoms with Gasteiger partial charge in [-0.3, -0.25) is 4.79 Å². The Hall–Kier alpha value is -0.870. The van der Waals surface area contributed by atoms with Crippen LogP contribution in [0.1, 0.15) is 42.1 Å². The molecule has 1 aromatic carbocycles. The predicted octanol–water partition coefficient (Wildman–Crippen LogP) is 3.36. The Morgan fingerprint density at radius 1 is 1.45 bits per heavy atom. The van der Waals surface area contributed by atoms with Gasteiger partial charge in [0.15, 0.2) is 0 Å². The zero-order chi connectivity index (χ0) is 14.5. The standard InChI is InChI=1S/C16H23BrN2O/c1-3-19(11-14-6-4-5-9-18-14)16(20)15-10-13(17)8-7-12(15)2/h7-8,10,14,18H,3-6,9,11H2,1-2H3. The smallest absolute Gasteiger partial charge is 0.254 e. The molecule has 1 aliphatic heterocycles. The molecule has 1 saturated heterocycles. The Kier molecular flexibility index (Phi) is 5.61. The van der Waals surface area contributed by atoms with Gasteiger partial charge in [-0.2, -0.15) is 0 Å². The van der Waals surface area contributed by atoms with E-state index in [1.54, 1.807) is 0 Å². The first kappa shape index (κ1) is 15.5. The number of piperidine rings is 1. The molecule has 1 fully saturated rings. The van der Waals surface area contributed by atoms with E-state index < -0.39 is 0 Å². The molecular weight excluding hydrogens is 316 g/mol. The van der Waals surface area contributed by atoms with Crippen molar-refractivity contribution >= 4 is 21.8 Å². The second-order valence-electron chi connectivity index (χ2n) is 5.45. The van der Waals surface area contributed by atoms with E-state index in [-0.39, 0.29) is 5.91 Å². The first-order valence-corrected chi connectivity index (χ1v) is 8.20. The van der Waals surface area contributed by atoms with E-state index in [2.05, 4.69) is 21.2 Å². The normalized spacial score (nSPS) is 18.9. The zero-order valence-electron chi connectivity index (χ0n) is 12.3. The molecule has 0 aromatic heterocycles. The summed E-state index contributed by atoms with van der Waals surface area (Å²) in [6.45, 7) is 6.68. The van der Waals surface area contributed by atoms with Crippen LogP contribution in [-0.2, 0) is 0 Å². The van der Waals surface area contributed by atoms with Gasteiger partial charge in [-0.15, -0.1) is 0 Å². The summed E-state index contributed by atoms with van der Waals surface area (Å²) in [6.07, 6.45) is 3.68. The van der Waals surface area contributed by atoms with Crippen molar-refractivity contribution in [2.24, 2.45) is 0 Å². The lowest BCUT2D eigenvalue weighted by atomic mass is 10.0. The maximum atomic E-state index is 12.7. The van der Waals surface area contributed by atoms with Gasteiger partial charge < -0.3 is 10.2 Å².